The molecule has 1 heterocycles. The maximum atomic E-state index is 12.1. The molecule has 1 saturated carbocycles. The van der Waals surface area contributed by atoms with Crippen molar-refractivity contribution in [1.82, 2.24) is 20.2 Å². The van der Waals surface area contributed by atoms with Gasteiger partial charge in [-0.2, -0.15) is 0 Å². The molecule has 0 spiro atoms. The fraction of sp³-hybridized carbons (Fsp3) is 0.615. The van der Waals surface area contributed by atoms with Gasteiger partial charge in [-0.05, 0) is 19.8 Å². The summed E-state index contributed by atoms with van der Waals surface area (Å²) in [5, 5.41) is 12.1. The molecule has 1 fully saturated rings. The minimum Gasteiger partial charge on any atom is -0.481 e. The van der Waals surface area contributed by atoms with Gasteiger partial charge in [-0.25, -0.2) is 9.78 Å². The van der Waals surface area contributed by atoms with Crippen LogP contribution in [0.5, 0.6) is 0 Å². The summed E-state index contributed by atoms with van der Waals surface area (Å²) in [7, 11) is 1.66. The van der Waals surface area contributed by atoms with Crippen molar-refractivity contribution in [3.63, 3.8) is 0 Å². The number of nitrogens with one attached hydrogen (secondary N) is 2. The number of H-pyrrole nitrogens is 1. The van der Waals surface area contributed by atoms with Gasteiger partial charge < -0.3 is 20.3 Å². The number of nitrogens with zero attached hydrogens (tertiary/aromatic N) is 2. The molecule has 2 amide bonds. The maximum absolute atomic E-state index is 12.1. The van der Waals surface area contributed by atoms with Crippen molar-refractivity contribution in [1.29, 1.82) is 0 Å². The summed E-state index contributed by atoms with van der Waals surface area (Å²) in [6.07, 6.45) is 5.42. The van der Waals surface area contributed by atoms with Crippen molar-refractivity contribution in [2.45, 2.75) is 38.8 Å². The summed E-state index contributed by atoms with van der Waals surface area (Å²) in [5.74, 6) is -0.163. The Morgan fingerprint density at radius 2 is 2.40 bits per heavy atom. The summed E-state index contributed by atoms with van der Waals surface area (Å²) in [5.41, 5.74) is -0.874. The van der Waals surface area contributed by atoms with Crippen molar-refractivity contribution < 1.29 is 14.7 Å². The topological polar surface area (TPSA) is 98.3 Å². The predicted molar refractivity (Wildman–Crippen MR) is 72.0 cm³/mol. The summed E-state index contributed by atoms with van der Waals surface area (Å²) >= 11 is 0. The normalized spacial score (nSPS) is 25.4. The lowest BCUT2D eigenvalue weighted by atomic mass is 9.85. The number of aromatic nitrogens is 2. The number of aliphatic carboxylic acids is 1. The second-order valence-electron chi connectivity index (χ2n) is 5.51. The van der Waals surface area contributed by atoms with Crippen molar-refractivity contribution in [2.24, 2.45) is 5.41 Å². The highest BCUT2D eigenvalue weighted by Gasteiger charge is 2.46. The molecule has 20 heavy (non-hydrogen) atoms. The van der Waals surface area contributed by atoms with Crippen molar-refractivity contribution in [2.75, 3.05) is 7.05 Å². The minimum absolute atomic E-state index is 0.277. The van der Waals surface area contributed by atoms with Gasteiger partial charge in [0.25, 0.3) is 0 Å². The highest BCUT2D eigenvalue weighted by molar-refractivity contribution is 5.79. The summed E-state index contributed by atoms with van der Waals surface area (Å²) in [6.45, 7) is 2.05. The van der Waals surface area contributed by atoms with Crippen molar-refractivity contribution >= 4 is 12.0 Å². The molecule has 2 unspecified atom stereocenters. The Labute approximate surface area is 117 Å². The van der Waals surface area contributed by atoms with Gasteiger partial charge in [0.15, 0.2) is 0 Å². The summed E-state index contributed by atoms with van der Waals surface area (Å²) in [6, 6.07) is -0.604. The molecule has 7 nitrogen and oxygen atoms in total. The Balaban J connectivity index is 1.95. The SMILES string of the molecule is CN(Cc1ncc[nH]1)C(=O)NC1CCCC1(C)C(=O)O. The maximum Gasteiger partial charge on any atom is 0.317 e. The summed E-state index contributed by atoms with van der Waals surface area (Å²) < 4.78 is 0. The van der Waals surface area contributed by atoms with Crippen LogP contribution in [0.1, 0.15) is 32.0 Å². The molecule has 1 aliphatic carbocycles. The van der Waals surface area contributed by atoms with E-state index in [4.69, 9.17) is 0 Å². The van der Waals surface area contributed by atoms with E-state index >= 15 is 0 Å². The Hall–Kier alpha value is -2.05. The van der Waals surface area contributed by atoms with Crippen LogP contribution in [-0.4, -0.2) is 45.1 Å². The first-order valence-electron chi connectivity index (χ1n) is 6.67. The monoisotopic (exact) mass is 280 g/mol. The number of aromatic amines is 1. The molecule has 7 heteroatoms. The average Bonchev–Trinajstić information content (AvgIpc) is 3.01. The van der Waals surface area contributed by atoms with Crippen LogP contribution in [-0.2, 0) is 11.3 Å². The van der Waals surface area contributed by atoms with Gasteiger partial charge >= 0.3 is 12.0 Å². The third-order valence-electron chi connectivity index (χ3n) is 4.03. The molecule has 2 atom stereocenters. The van der Waals surface area contributed by atoms with Gasteiger partial charge in [0.1, 0.15) is 5.82 Å². The molecule has 110 valence electrons. The van der Waals surface area contributed by atoms with Crippen LogP contribution in [0.3, 0.4) is 0 Å². The van der Waals surface area contributed by atoms with Crippen LogP contribution < -0.4 is 5.32 Å². The summed E-state index contributed by atoms with van der Waals surface area (Å²) in [4.78, 5) is 31.9. The molecule has 0 aliphatic heterocycles. The van der Waals surface area contributed by atoms with Crippen molar-refractivity contribution in [3.8, 4) is 0 Å². The predicted octanol–water partition coefficient (Wildman–Crippen LogP) is 1.19. The second kappa shape index (κ2) is 5.52. The fourth-order valence-electron chi connectivity index (χ4n) is 2.59. The van der Waals surface area contributed by atoms with Gasteiger partial charge in [0, 0.05) is 25.5 Å². The van der Waals surface area contributed by atoms with Crippen LogP contribution in [0.25, 0.3) is 0 Å². The van der Waals surface area contributed by atoms with Crippen LogP contribution >= 0.6 is 0 Å². The van der Waals surface area contributed by atoms with Gasteiger partial charge in [0.2, 0.25) is 0 Å². The zero-order chi connectivity index (χ0) is 14.8. The van der Waals surface area contributed by atoms with E-state index in [9.17, 15) is 14.7 Å². The Morgan fingerprint density at radius 1 is 1.65 bits per heavy atom. The molecule has 0 radical (unpaired) electrons. The number of carboxylic acid groups (broad SMARTS) is 1. The smallest absolute Gasteiger partial charge is 0.317 e. The lowest BCUT2D eigenvalue weighted by Crippen LogP contribution is -2.50. The number of amides is 2. The van der Waals surface area contributed by atoms with Crippen LogP contribution in [0.4, 0.5) is 4.79 Å². The van der Waals surface area contributed by atoms with E-state index in [1.54, 1.807) is 26.4 Å². The molecule has 1 aromatic rings. The van der Waals surface area contributed by atoms with Crippen LogP contribution in [0, 0.1) is 5.41 Å². The molecule has 0 saturated heterocycles. The highest BCUT2D eigenvalue weighted by atomic mass is 16.4. The largest absolute Gasteiger partial charge is 0.481 e. The fourth-order valence-corrected chi connectivity index (χ4v) is 2.59. The average molecular weight is 280 g/mol. The molecule has 3 N–H and O–H groups in total. The molecule has 1 aromatic heterocycles. The molecule has 0 bridgehead atoms. The zero-order valence-electron chi connectivity index (χ0n) is 11.7. The third-order valence-corrected chi connectivity index (χ3v) is 4.03. The van der Waals surface area contributed by atoms with Crippen LogP contribution in [0.2, 0.25) is 0 Å². The molecular weight excluding hydrogens is 260 g/mol. The molecule has 0 aromatic carbocycles. The van der Waals surface area contributed by atoms with Crippen LogP contribution in [0.15, 0.2) is 12.4 Å². The number of hydrogen-bond acceptors (Lipinski definition) is 3. The van der Waals surface area contributed by atoms with Gasteiger partial charge in [0.05, 0.1) is 12.0 Å². The number of carbonyl (C=O) groups excluding carboxylic acids is 1. The first kappa shape index (κ1) is 14.4. The van der Waals surface area contributed by atoms with Gasteiger partial charge in [-0.3, -0.25) is 4.79 Å². The Kier molecular flexibility index (Phi) is 3.96. The molecular formula is C13H20N4O3. The van der Waals surface area contributed by atoms with E-state index in [1.165, 1.54) is 4.90 Å². The highest BCUT2D eigenvalue weighted by Crippen LogP contribution is 2.38. The standard InChI is InChI=1S/C13H20N4O3/c1-13(11(18)19)5-3-4-9(13)16-12(20)17(2)8-10-14-6-7-15-10/h6-7,9H,3-5,8H2,1-2H3,(H,14,15)(H,16,20)(H,18,19). The van der Waals surface area contributed by atoms with Gasteiger partial charge in [-0.15, -0.1) is 0 Å². The third kappa shape index (κ3) is 2.76. The van der Waals surface area contributed by atoms with Crippen molar-refractivity contribution in [3.05, 3.63) is 18.2 Å². The molecule has 2 rings (SSSR count). The minimum atomic E-state index is -0.874. The van der Waals surface area contributed by atoms with E-state index in [-0.39, 0.29) is 12.1 Å². The van der Waals surface area contributed by atoms with E-state index in [2.05, 4.69) is 15.3 Å². The Morgan fingerprint density at radius 3 is 3.00 bits per heavy atom. The number of carbonyl (C=O) groups is 2. The number of urea groups is 1. The number of carboxylic acids is 1. The number of hydrogen-bond donors (Lipinski definition) is 3. The molecule has 1 aliphatic rings. The zero-order valence-corrected chi connectivity index (χ0v) is 11.7. The quantitative estimate of drug-likeness (QED) is 0.771. The van der Waals surface area contributed by atoms with E-state index in [0.717, 1.165) is 6.42 Å². The van der Waals surface area contributed by atoms with E-state index in [1.807, 2.05) is 0 Å². The lowest BCUT2D eigenvalue weighted by Gasteiger charge is -2.29. The number of imidazole rings is 1. The first-order chi connectivity index (χ1) is 9.43. The number of rotatable bonds is 4. The second-order valence-corrected chi connectivity index (χ2v) is 5.51. The Bertz CT molecular complexity index is 488. The van der Waals surface area contributed by atoms with E-state index in [0.29, 0.717) is 25.2 Å². The first-order valence-corrected chi connectivity index (χ1v) is 6.67. The lowest BCUT2D eigenvalue weighted by molar-refractivity contribution is -0.148. The van der Waals surface area contributed by atoms with E-state index < -0.39 is 11.4 Å². The van der Waals surface area contributed by atoms with Gasteiger partial charge in [-0.1, -0.05) is 6.42 Å².